The Labute approximate surface area is 152 Å². The van der Waals surface area contributed by atoms with Crippen LogP contribution in [0.3, 0.4) is 0 Å². The van der Waals surface area contributed by atoms with Crippen LogP contribution in [0.15, 0.2) is 34.2 Å². The van der Waals surface area contributed by atoms with Crippen molar-refractivity contribution in [2.75, 3.05) is 12.9 Å². The number of aryl methyl sites for hydroxylation is 2. The van der Waals surface area contributed by atoms with Crippen molar-refractivity contribution in [3.63, 3.8) is 0 Å². The second kappa shape index (κ2) is 7.48. The minimum atomic E-state index is 0.136. The first kappa shape index (κ1) is 17.8. The molecule has 0 amide bonds. The van der Waals surface area contributed by atoms with Crippen molar-refractivity contribution < 1.29 is 4.74 Å². The second-order valence-corrected chi connectivity index (χ2v) is 7.50. The summed E-state index contributed by atoms with van der Waals surface area (Å²) in [6, 6.07) is 6.09. The van der Waals surface area contributed by atoms with E-state index in [2.05, 4.69) is 10.6 Å². The number of nitrogens with zero attached hydrogens (tertiary/aromatic N) is 2. The normalized spacial score (nSPS) is 14.8. The van der Waals surface area contributed by atoms with Crippen LogP contribution in [-0.4, -0.2) is 23.3 Å². The molecule has 0 aliphatic carbocycles. The van der Waals surface area contributed by atoms with Gasteiger partial charge in [-0.05, 0) is 51.0 Å². The van der Waals surface area contributed by atoms with Gasteiger partial charge in [-0.2, -0.15) is 11.8 Å². The molecular weight excluding hydrogens is 332 g/mol. The van der Waals surface area contributed by atoms with Crippen LogP contribution in [0.5, 0.6) is 5.75 Å². The number of hydrogen-bond acceptors (Lipinski definition) is 4. The van der Waals surface area contributed by atoms with Crippen LogP contribution in [0.1, 0.15) is 35.7 Å². The van der Waals surface area contributed by atoms with E-state index in [0.717, 1.165) is 58.4 Å². The smallest absolute Gasteiger partial charge is 0.187 e. The summed E-state index contributed by atoms with van der Waals surface area (Å²) >= 11 is 1.88. The highest BCUT2D eigenvalue weighted by molar-refractivity contribution is 7.98. The third kappa shape index (κ3) is 3.66. The Bertz CT molecular complexity index is 884. The molecule has 1 aromatic carbocycles. The summed E-state index contributed by atoms with van der Waals surface area (Å²) in [5.41, 5.74) is 4.95. The lowest BCUT2D eigenvalue weighted by molar-refractivity contribution is 0.415. The van der Waals surface area contributed by atoms with Gasteiger partial charge in [-0.1, -0.05) is 6.07 Å². The topological polar surface area (TPSA) is 43.6 Å². The van der Waals surface area contributed by atoms with Gasteiger partial charge < -0.3 is 9.30 Å². The number of hydrogen-bond donors (Lipinski definition) is 0. The summed E-state index contributed by atoms with van der Waals surface area (Å²) < 4.78 is 7.45. The second-order valence-electron chi connectivity index (χ2n) is 6.39. The summed E-state index contributed by atoms with van der Waals surface area (Å²) in [4.78, 5) is 17.3. The highest BCUT2D eigenvalue weighted by Crippen LogP contribution is 2.28. The zero-order chi connectivity index (χ0) is 18.0. The molecule has 0 bridgehead atoms. The first-order valence-electron chi connectivity index (χ1n) is 8.53. The van der Waals surface area contributed by atoms with Gasteiger partial charge in [0, 0.05) is 34.8 Å². The van der Waals surface area contributed by atoms with Crippen LogP contribution in [0.25, 0.3) is 0 Å². The summed E-state index contributed by atoms with van der Waals surface area (Å²) in [6.45, 7) is 5.79. The van der Waals surface area contributed by atoms with Crippen LogP contribution in [0.4, 0.5) is 5.69 Å². The number of rotatable bonds is 1. The van der Waals surface area contributed by atoms with E-state index in [9.17, 15) is 4.79 Å². The van der Waals surface area contributed by atoms with E-state index in [1.807, 2.05) is 50.9 Å². The average molecular weight is 356 g/mol. The lowest BCUT2D eigenvalue weighted by Crippen LogP contribution is -2.22. The zero-order valence-corrected chi connectivity index (χ0v) is 16.1. The maximum absolute atomic E-state index is 12.4. The number of ether oxygens (including phenoxy) is 1. The summed E-state index contributed by atoms with van der Waals surface area (Å²) in [6.07, 6.45) is 4.00. The number of benzene rings is 1. The maximum Gasteiger partial charge on any atom is 0.187 e. The van der Waals surface area contributed by atoms with Gasteiger partial charge >= 0.3 is 0 Å². The molecule has 0 saturated heterocycles. The molecule has 0 saturated carbocycles. The first-order chi connectivity index (χ1) is 12.0. The molecule has 2 heterocycles. The van der Waals surface area contributed by atoms with Gasteiger partial charge in [0.1, 0.15) is 11.6 Å². The number of pyridine rings is 1. The van der Waals surface area contributed by atoms with Crippen LogP contribution < -0.4 is 10.2 Å². The van der Waals surface area contributed by atoms with Gasteiger partial charge in [0.15, 0.2) is 5.43 Å². The molecule has 132 valence electrons. The highest BCUT2D eigenvalue weighted by Gasteiger charge is 2.14. The third-order valence-corrected chi connectivity index (χ3v) is 5.70. The lowest BCUT2D eigenvalue weighted by Gasteiger charge is -2.16. The Kier molecular flexibility index (Phi) is 5.33. The number of aliphatic imine (C=N–C) groups is 1. The van der Waals surface area contributed by atoms with E-state index in [1.165, 1.54) is 5.56 Å². The Morgan fingerprint density at radius 3 is 2.80 bits per heavy atom. The Balaban J connectivity index is 2.20. The molecule has 2 aromatic rings. The van der Waals surface area contributed by atoms with Gasteiger partial charge in [0.25, 0.3) is 0 Å². The number of fused-ring (bicyclic) bond motifs is 2. The van der Waals surface area contributed by atoms with E-state index in [0.29, 0.717) is 0 Å². The number of aromatic nitrogens is 1. The van der Waals surface area contributed by atoms with Crippen molar-refractivity contribution in [3.8, 4) is 5.75 Å². The molecule has 5 heteroatoms. The molecule has 0 N–H and O–H groups in total. The van der Waals surface area contributed by atoms with E-state index >= 15 is 0 Å². The molecule has 1 aromatic heterocycles. The van der Waals surface area contributed by atoms with E-state index in [-0.39, 0.29) is 5.43 Å². The molecule has 0 atom stereocenters. The first-order valence-corrected chi connectivity index (χ1v) is 9.68. The summed E-state index contributed by atoms with van der Waals surface area (Å²) in [7, 11) is 1.67. The molecule has 0 unspecified atom stereocenters. The molecule has 0 fully saturated rings. The van der Waals surface area contributed by atoms with Crippen molar-refractivity contribution in [2.24, 2.45) is 4.99 Å². The van der Waals surface area contributed by atoms with Crippen LogP contribution in [0, 0.1) is 13.8 Å². The van der Waals surface area contributed by atoms with Crippen molar-refractivity contribution in [1.29, 1.82) is 0 Å². The third-order valence-electron chi connectivity index (χ3n) is 4.64. The van der Waals surface area contributed by atoms with Crippen LogP contribution >= 0.6 is 11.8 Å². The summed E-state index contributed by atoms with van der Waals surface area (Å²) in [5.74, 6) is 3.57. The van der Waals surface area contributed by atoms with E-state index in [4.69, 9.17) is 9.73 Å². The maximum atomic E-state index is 12.4. The standard InChI is InChI=1S/C20H24N2O2S/c1-13-11-22-15(3)21-18-10-17(24-4)8-7-16(18)6-5-9-25-12-19(22)14(2)20(13)23/h7-8,10-11H,5-6,9,12H2,1-4H3. The fourth-order valence-electron chi connectivity index (χ4n) is 3.15. The quantitative estimate of drug-likeness (QED) is 0.767. The van der Waals surface area contributed by atoms with Crippen molar-refractivity contribution in [2.45, 2.75) is 39.4 Å². The minimum Gasteiger partial charge on any atom is -0.497 e. The molecule has 0 spiro atoms. The fourth-order valence-corrected chi connectivity index (χ4v) is 4.19. The van der Waals surface area contributed by atoms with Crippen molar-refractivity contribution in [1.82, 2.24) is 4.57 Å². The van der Waals surface area contributed by atoms with Gasteiger partial charge in [-0.3, -0.25) is 4.79 Å². The molecule has 0 radical (unpaired) electrons. The largest absolute Gasteiger partial charge is 0.497 e. The van der Waals surface area contributed by atoms with Gasteiger partial charge in [0.2, 0.25) is 0 Å². The lowest BCUT2D eigenvalue weighted by atomic mass is 10.1. The molecule has 25 heavy (non-hydrogen) atoms. The van der Waals surface area contributed by atoms with Crippen LogP contribution in [0.2, 0.25) is 0 Å². The predicted molar refractivity (Wildman–Crippen MR) is 106 cm³/mol. The SMILES string of the molecule is COc1ccc2c(c1)N=C(C)n1cc(C)c(=O)c(C)c1CSCCC2. The summed E-state index contributed by atoms with van der Waals surface area (Å²) in [5, 5.41) is 0. The van der Waals surface area contributed by atoms with E-state index < -0.39 is 0 Å². The average Bonchev–Trinajstić information content (AvgIpc) is 2.63. The highest BCUT2D eigenvalue weighted by atomic mass is 32.2. The Morgan fingerprint density at radius 2 is 2.04 bits per heavy atom. The van der Waals surface area contributed by atoms with Gasteiger partial charge in [-0.25, -0.2) is 4.99 Å². The van der Waals surface area contributed by atoms with Crippen molar-refractivity contribution >= 4 is 23.3 Å². The fraction of sp³-hybridized carbons (Fsp3) is 0.400. The number of methoxy groups -OCH3 is 1. The monoisotopic (exact) mass is 356 g/mol. The molecule has 1 aliphatic heterocycles. The van der Waals surface area contributed by atoms with Gasteiger partial charge in [0.05, 0.1) is 12.8 Å². The van der Waals surface area contributed by atoms with Gasteiger partial charge in [-0.15, -0.1) is 0 Å². The predicted octanol–water partition coefficient (Wildman–Crippen LogP) is 4.25. The van der Waals surface area contributed by atoms with E-state index in [1.54, 1.807) is 7.11 Å². The molecular formula is C20H24N2O2S. The zero-order valence-electron chi connectivity index (χ0n) is 15.3. The number of thioether (sulfide) groups is 1. The Hall–Kier alpha value is -2.01. The Morgan fingerprint density at radius 1 is 1.24 bits per heavy atom. The molecule has 3 rings (SSSR count). The molecule has 4 nitrogen and oxygen atoms in total. The van der Waals surface area contributed by atoms with Crippen LogP contribution in [-0.2, 0) is 12.2 Å². The minimum absolute atomic E-state index is 0.136. The molecule has 1 aliphatic rings. The van der Waals surface area contributed by atoms with Crippen molar-refractivity contribution in [3.05, 3.63) is 57.0 Å².